The molecule has 0 fully saturated rings. The van der Waals surface area contributed by atoms with E-state index in [-0.39, 0.29) is 6.10 Å². The molecule has 2 nitrogen and oxygen atoms in total. The maximum Gasteiger partial charge on any atom is 0.0963 e. The highest BCUT2D eigenvalue weighted by atomic mass is 79.9. The average Bonchev–Trinajstić information content (AvgIpc) is 2.07. The summed E-state index contributed by atoms with van der Waals surface area (Å²) >= 11 is 3.51. The lowest BCUT2D eigenvalue weighted by Gasteiger charge is -2.21. The third-order valence-corrected chi connectivity index (χ3v) is 3.16. The van der Waals surface area contributed by atoms with Crippen molar-refractivity contribution in [3.8, 4) is 0 Å². The molecule has 1 heterocycles. The Hall–Kier alpha value is -0.410. The standard InChI is InChI=1S/C10H12BrNO/c1-6-5-8(11)7-3-2-4-9(13)10(7)12-6/h5,9,13H,2-4H2,1H3. The summed E-state index contributed by atoms with van der Waals surface area (Å²) in [6.07, 6.45) is 2.56. The number of pyridine rings is 1. The van der Waals surface area contributed by atoms with Gasteiger partial charge in [-0.15, -0.1) is 0 Å². The van der Waals surface area contributed by atoms with E-state index in [9.17, 15) is 5.11 Å². The molecule has 3 heteroatoms. The van der Waals surface area contributed by atoms with E-state index < -0.39 is 0 Å². The van der Waals surface area contributed by atoms with Crippen molar-refractivity contribution in [1.82, 2.24) is 4.98 Å². The number of hydrogen-bond acceptors (Lipinski definition) is 2. The Kier molecular flexibility index (Phi) is 2.39. The Labute approximate surface area is 86.1 Å². The number of aromatic nitrogens is 1. The van der Waals surface area contributed by atoms with Crippen molar-refractivity contribution in [2.24, 2.45) is 0 Å². The van der Waals surface area contributed by atoms with Crippen LogP contribution in [0.15, 0.2) is 10.5 Å². The van der Waals surface area contributed by atoms with Crippen molar-refractivity contribution < 1.29 is 5.11 Å². The molecular formula is C10H12BrNO. The molecule has 0 spiro atoms. The number of aliphatic hydroxyl groups excluding tert-OH is 1. The van der Waals surface area contributed by atoms with E-state index in [1.165, 1.54) is 5.56 Å². The molecule has 1 unspecified atom stereocenters. The monoisotopic (exact) mass is 241 g/mol. The molecule has 1 atom stereocenters. The number of fused-ring (bicyclic) bond motifs is 1. The van der Waals surface area contributed by atoms with Crippen LogP contribution in [0.3, 0.4) is 0 Å². The summed E-state index contributed by atoms with van der Waals surface area (Å²) in [6, 6.07) is 2.01. The van der Waals surface area contributed by atoms with Gasteiger partial charge in [-0.3, -0.25) is 4.98 Å². The summed E-state index contributed by atoms with van der Waals surface area (Å²) in [7, 11) is 0. The van der Waals surface area contributed by atoms with Crippen molar-refractivity contribution in [3.05, 3.63) is 27.5 Å². The fourth-order valence-electron chi connectivity index (χ4n) is 1.81. The first-order valence-corrected chi connectivity index (χ1v) is 5.32. The molecule has 0 aliphatic heterocycles. The normalized spacial score (nSPS) is 21.3. The van der Waals surface area contributed by atoms with Gasteiger partial charge in [0, 0.05) is 10.2 Å². The number of nitrogens with zero attached hydrogens (tertiary/aromatic N) is 1. The molecule has 1 aromatic rings. The molecule has 0 radical (unpaired) electrons. The zero-order chi connectivity index (χ0) is 9.42. The fourth-order valence-corrected chi connectivity index (χ4v) is 2.55. The predicted octanol–water partition coefficient (Wildman–Crippen LogP) is 2.52. The first kappa shape index (κ1) is 9.16. The van der Waals surface area contributed by atoms with Crippen LogP contribution in [0, 0.1) is 6.92 Å². The van der Waals surface area contributed by atoms with Crippen LogP contribution >= 0.6 is 15.9 Å². The fraction of sp³-hybridized carbons (Fsp3) is 0.500. The minimum Gasteiger partial charge on any atom is -0.387 e. The largest absolute Gasteiger partial charge is 0.387 e. The second-order valence-corrected chi connectivity index (χ2v) is 4.37. The Balaban J connectivity index is 2.56. The molecule has 1 N–H and O–H groups in total. The topological polar surface area (TPSA) is 33.1 Å². The average molecular weight is 242 g/mol. The third kappa shape index (κ3) is 1.63. The van der Waals surface area contributed by atoms with E-state index in [4.69, 9.17) is 0 Å². The van der Waals surface area contributed by atoms with Crippen LogP contribution in [0.5, 0.6) is 0 Å². The van der Waals surface area contributed by atoms with Crippen molar-refractivity contribution in [3.63, 3.8) is 0 Å². The molecule has 2 rings (SSSR count). The number of aliphatic hydroxyl groups is 1. The van der Waals surface area contributed by atoms with Crippen LogP contribution in [-0.4, -0.2) is 10.1 Å². The van der Waals surface area contributed by atoms with Gasteiger partial charge in [-0.05, 0) is 37.8 Å². The number of rotatable bonds is 0. The summed E-state index contributed by atoms with van der Waals surface area (Å²) in [5.74, 6) is 0. The van der Waals surface area contributed by atoms with Gasteiger partial charge in [0.2, 0.25) is 0 Å². The number of hydrogen-bond donors (Lipinski definition) is 1. The molecule has 1 aliphatic rings. The van der Waals surface area contributed by atoms with Gasteiger partial charge in [0.15, 0.2) is 0 Å². The van der Waals surface area contributed by atoms with Crippen LogP contribution in [0.2, 0.25) is 0 Å². The molecule has 0 saturated carbocycles. The smallest absolute Gasteiger partial charge is 0.0963 e. The van der Waals surface area contributed by atoms with Gasteiger partial charge in [-0.2, -0.15) is 0 Å². The van der Waals surface area contributed by atoms with Crippen LogP contribution in [-0.2, 0) is 6.42 Å². The van der Waals surface area contributed by atoms with Gasteiger partial charge < -0.3 is 5.11 Å². The highest BCUT2D eigenvalue weighted by Gasteiger charge is 2.21. The molecule has 1 aromatic heterocycles. The zero-order valence-electron chi connectivity index (χ0n) is 7.55. The van der Waals surface area contributed by atoms with Crippen LogP contribution in [0.1, 0.15) is 35.9 Å². The third-order valence-electron chi connectivity index (χ3n) is 2.45. The first-order valence-electron chi connectivity index (χ1n) is 4.52. The molecule has 70 valence electrons. The summed E-state index contributed by atoms with van der Waals surface area (Å²) in [6.45, 7) is 1.95. The molecule has 0 amide bonds. The Bertz CT molecular complexity index is 338. The number of halogens is 1. The second-order valence-electron chi connectivity index (χ2n) is 3.52. The lowest BCUT2D eigenvalue weighted by Crippen LogP contribution is -2.12. The van der Waals surface area contributed by atoms with Gasteiger partial charge in [-0.25, -0.2) is 0 Å². The van der Waals surface area contributed by atoms with Crippen molar-refractivity contribution >= 4 is 15.9 Å². The van der Waals surface area contributed by atoms with Gasteiger partial charge in [0.1, 0.15) is 0 Å². The van der Waals surface area contributed by atoms with Gasteiger partial charge in [-0.1, -0.05) is 15.9 Å². The highest BCUT2D eigenvalue weighted by molar-refractivity contribution is 9.10. The summed E-state index contributed by atoms with van der Waals surface area (Å²) in [5, 5.41) is 9.73. The Morgan fingerprint density at radius 1 is 1.62 bits per heavy atom. The van der Waals surface area contributed by atoms with Gasteiger partial charge in [0.05, 0.1) is 11.8 Å². The van der Waals surface area contributed by atoms with Gasteiger partial charge >= 0.3 is 0 Å². The number of aryl methyl sites for hydroxylation is 1. The lowest BCUT2D eigenvalue weighted by molar-refractivity contribution is 0.151. The summed E-state index contributed by atoms with van der Waals surface area (Å²) in [5.41, 5.74) is 3.02. The van der Waals surface area contributed by atoms with Crippen molar-refractivity contribution in [1.29, 1.82) is 0 Å². The summed E-state index contributed by atoms with van der Waals surface area (Å²) in [4.78, 5) is 4.38. The van der Waals surface area contributed by atoms with Crippen LogP contribution in [0.25, 0.3) is 0 Å². The maximum atomic E-state index is 9.73. The Morgan fingerprint density at radius 2 is 2.38 bits per heavy atom. The van der Waals surface area contributed by atoms with E-state index in [2.05, 4.69) is 20.9 Å². The molecule has 13 heavy (non-hydrogen) atoms. The molecular weight excluding hydrogens is 230 g/mol. The zero-order valence-corrected chi connectivity index (χ0v) is 9.13. The predicted molar refractivity (Wildman–Crippen MR) is 54.6 cm³/mol. The van der Waals surface area contributed by atoms with E-state index >= 15 is 0 Å². The lowest BCUT2D eigenvalue weighted by atomic mass is 9.93. The quantitative estimate of drug-likeness (QED) is 0.758. The minimum atomic E-state index is -0.361. The SMILES string of the molecule is Cc1cc(Br)c2c(n1)C(O)CCC2. The minimum absolute atomic E-state index is 0.361. The maximum absolute atomic E-state index is 9.73. The van der Waals surface area contributed by atoms with E-state index in [0.717, 1.165) is 35.1 Å². The Morgan fingerprint density at radius 3 is 3.15 bits per heavy atom. The second kappa shape index (κ2) is 3.39. The summed E-state index contributed by atoms with van der Waals surface area (Å²) < 4.78 is 1.09. The molecule has 0 bridgehead atoms. The molecule has 0 aromatic carbocycles. The highest BCUT2D eigenvalue weighted by Crippen LogP contribution is 2.32. The molecule has 1 aliphatic carbocycles. The van der Waals surface area contributed by atoms with E-state index in [1.54, 1.807) is 0 Å². The van der Waals surface area contributed by atoms with Crippen LogP contribution in [0.4, 0.5) is 0 Å². The van der Waals surface area contributed by atoms with Crippen molar-refractivity contribution in [2.45, 2.75) is 32.3 Å². The van der Waals surface area contributed by atoms with Crippen LogP contribution < -0.4 is 0 Å². The van der Waals surface area contributed by atoms with E-state index in [1.807, 2.05) is 13.0 Å². The van der Waals surface area contributed by atoms with E-state index in [0.29, 0.717) is 0 Å². The van der Waals surface area contributed by atoms with Gasteiger partial charge in [0.25, 0.3) is 0 Å². The van der Waals surface area contributed by atoms with Crippen molar-refractivity contribution in [2.75, 3.05) is 0 Å². The molecule has 0 saturated heterocycles. The first-order chi connectivity index (χ1) is 6.18.